The largest absolute Gasteiger partial charge is 0.357 e. The SMILES string of the molecule is CCNC(=NCc1ccc(Br)cc1C)N1CCC(c2cnn(C)c2)C1.I. The Bertz CT molecular complexity index is 758. The lowest BCUT2D eigenvalue weighted by atomic mass is 10.0. The third kappa shape index (κ3) is 5.22. The van der Waals surface area contributed by atoms with Crippen LogP contribution < -0.4 is 5.32 Å². The highest BCUT2D eigenvalue weighted by Gasteiger charge is 2.26. The molecule has 0 saturated carbocycles. The Morgan fingerprint density at radius 2 is 2.23 bits per heavy atom. The summed E-state index contributed by atoms with van der Waals surface area (Å²) in [5.74, 6) is 1.54. The zero-order chi connectivity index (χ0) is 17.8. The molecule has 26 heavy (non-hydrogen) atoms. The Morgan fingerprint density at radius 1 is 1.42 bits per heavy atom. The summed E-state index contributed by atoms with van der Waals surface area (Å²) in [6.45, 7) is 7.87. The topological polar surface area (TPSA) is 45.5 Å². The number of guanidine groups is 1. The molecule has 0 amide bonds. The number of nitrogens with zero attached hydrogens (tertiary/aromatic N) is 4. The highest BCUT2D eigenvalue weighted by Crippen LogP contribution is 2.26. The molecule has 1 aliphatic rings. The van der Waals surface area contributed by atoms with Crippen molar-refractivity contribution in [3.8, 4) is 0 Å². The minimum absolute atomic E-state index is 0. The Morgan fingerprint density at radius 3 is 2.88 bits per heavy atom. The Labute approximate surface area is 181 Å². The number of aryl methyl sites for hydroxylation is 2. The molecule has 2 heterocycles. The minimum atomic E-state index is 0. The second kappa shape index (κ2) is 9.73. The van der Waals surface area contributed by atoms with E-state index in [4.69, 9.17) is 4.99 Å². The second-order valence-electron chi connectivity index (χ2n) is 6.62. The van der Waals surface area contributed by atoms with Crippen LogP contribution in [0.25, 0.3) is 0 Å². The number of benzene rings is 1. The van der Waals surface area contributed by atoms with Crippen LogP contribution >= 0.6 is 39.9 Å². The third-order valence-corrected chi connectivity index (χ3v) is 5.22. The van der Waals surface area contributed by atoms with Crippen molar-refractivity contribution in [2.45, 2.75) is 32.7 Å². The Kier molecular flexibility index (Phi) is 7.94. The summed E-state index contributed by atoms with van der Waals surface area (Å²) in [5, 5.41) is 7.76. The van der Waals surface area contributed by atoms with Crippen molar-refractivity contribution in [1.82, 2.24) is 20.0 Å². The van der Waals surface area contributed by atoms with Crippen LogP contribution in [-0.2, 0) is 13.6 Å². The van der Waals surface area contributed by atoms with E-state index in [1.165, 1.54) is 16.7 Å². The lowest BCUT2D eigenvalue weighted by molar-refractivity contribution is 0.486. The van der Waals surface area contributed by atoms with Gasteiger partial charge in [0.2, 0.25) is 0 Å². The molecule has 2 aromatic rings. The van der Waals surface area contributed by atoms with Crippen molar-refractivity contribution >= 4 is 45.9 Å². The third-order valence-electron chi connectivity index (χ3n) is 4.72. The molecule has 1 aliphatic heterocycles. The number of hydrogen-bond donors (Lipinski definition) is 1. The predicted octanol–water partition coefficient (Wildman–Crippen LogP) is 4.06. The van der Waals surface area contributed by atoms with Crippen LogP contribution in [0.15, 0.2) is 40.1 Å². The molecule has 142 valence electrons. The molecule has 0 radical (unpaired) electrons. The van der Waals surface area contributed by atoms with Gasteiger partial charge in [0.1, 0.15) is 0 Å². The Hall–Kier alpha value is -1.09. The van der Waals surface area contributed by atoms with Gasteiger partial charge in [-0.1, -0.05) is 22.0 Å². The van der Waals surface area contributed by atoms with Crippen molar-refractivity contribution in [2.24, 2.45) is 12.0 Å². The molecule has 5 nitrogen and oxygen atoms in total. The average Bonchev–Trinajstić information content (AvgIpc) is 3.21. The Balaban J connectivity index is 0.00000243. The fourth-order valence-corrected chi connectivity index (χ4v) is 3.77. The van der Waals surface area contributed by atoms with Gasteiger partial charge < -0.3 is 10.2 Å². The molecule has 1 aromatic carbocycles. The molecule has 3 rings (SSSR count). The summed E-state index contributed by atoms with van der Waals surface area (Å²) in [6.07, 6.45) is 5.26. The van der Waals surface area contributed by atoms with Gasteiger partial charge in [0.25, 0.3) is 0 Å². The van der Waals surface area contributed by atoms with Crippen LogP contribution in [0.4, 0.5) is 0 Å². The lowest BCUT2D eigenvalue weighted by Gasteiger charge is -2.21. The van der Waals surface area contributed by atoms with Crippen molar-refractivity contribution in [3.63, 3.8) is 0 Å². The van der Waals surface area contributed by atoms with E-state index >= 15 is 0 Å². The molecular formula is C19H27BrIN5. The first-order chi connectivity index (χ1) is 12.1. The molecule has 0 bridgehead atoms. The van der Waals surface area contributed by atoms with Crippen LogP contribution in [0.5, 0.6) is 0 Å². The molecular weight excluding hydrogens is 505 g/mol. The van der Waals surface area contributed by atoms with E-state index in [2.05, 4.69) is 69.5 Å². The van der Waals surface area contributed by atoms with Gasteiger partial charge in [0, 0.05) is 43.3 Å². The number of halogens is 2. The molecule has 1 aromatic heterocycles. The maximum absolute atomic E-state index is 4.88. The van der Waals surface area contributed by atoms with E-state index in [0.29, 0.717) is 12.5 Å². The number of aromatic nitrogens is 2. The zero-order valence-electron chi connectivity index (χ0n) is 15.6. The van der Waals surface area contributed by atoms with Crippen LogP contribution in [0.1, 0.15) is 36.0 Å². The fraction of sp³-hybridized carbons (Fsp3) is 0.474. The van der Waals surface area contributed by atoms with Gasteiger partial charge in [0.15, 0.2) is 5.96 Å². The van der Waals surface area contributed by atoms with Gasteiger partial charge in [-0.05, 0) is 49.1 Å². The van der Waals surface area contributed by atoms with E-state index in [9.17, 15) is 0 Å². The number of likely N-dealkylation sites (tertiary alicyclic amines) is 1. The maximum atomic E-state index is 4.88. The highest BCUT2D eigenvalue weighted by atomic mass is 127. The van der Waals surface area contributed by atoms with Crippen LogP contribution in [-0.4, -0.2) is 40.3 Å². The second-order valence-corrected chi connectivity index (χ2v) is 7.54. The maximum Gasteiger partial charge on any atom is 0.194 e. The van der Waals surface area contributed by atoms with Crippen molar-refractivity contribution < 1.29 is 0 Å². The summed E-state index contributed by atoms with van der Waals surface area (Å²) in [5.41, 5.74) is 3.86. The summed E-state index contributed by atoms with van der Waals surface area (Å²) < 4.78 is 3.00. The normalized spacial score (nSPS) is 17.3. The summed E-state index contributed by atoms with van der Waals surface area (Å²) in [7, 11) is 1.97. The molecule has 1 saturated heterocycles. The van der Waals surface area contributed by atoms with Gasteiger partial charge in [-0.3, -0.25) is 4.68 Å². The molecule has 0 spiro atoms. The monoisotopic (exact) mass is 531 g/mol. The predicted molar refractivity (Wildman–Crippen MR) is 121 cm³/mol. The quantitative estimate of drug-likeness (QED) is 0.367. The molecule has 1 fully saturated rings. The van der Waals surface area contributed by atoms with Gasteiger partial charge in [-0.2, -0.15) is 5.10 Å². The van der Waals surface area contributed by atoms with E-state index in [0.717, 1.165) is 36.5 Å². The highest BCUT2D eigenvalue weighted by molar-refractivity contribution is 14.0. The van der Waals surface area contributed by atoms with Gasteiger partial charge in [-0.25, -0.2) is 4.99 Å². The summed E-state index contributed by atoms with van der Waals surface area (Å²) in [4.78, 5) is 7.26. The molecule has 1 unspecified atom stereocenters. The number of aliphatic imine (C=N–C) groups is 1. The van der Waals surface area contributed by atoms with E-state index < -0.39 is 0 Å². The summed E-state index contributed by atoms with van der Waals surface area (Å²) in [6, 6.07) is 6.38. The van der Waals surface area contributed by atoms with E-state index in [-0.39, 0.29) is 24.0 Å². The van der Waals surface area contributed by atoms with Crippen molar-refractivity contribution in [1.29, 1.82) is 0 Å². The van der Waals surface area contributed by atoms with E-state index in [1.807, 2.05) is 17.9 Å². The van der Waals surface area contributed by atoms with E-state index in [1.54, 1.807) is 0 Å². The standard InChI is InChI=1S/C19H26BrN5.HI/c1-4-21-19(22-10-15-5-6-18(20)9-14(15)2)25-8-7-16(13-25)17-11-23-24(3)12-17;/h5-6,9,11-12,16H,4,7-8,10,13H2,1-3H3,(H,21,22);1H. The van der Waals surface area contributed by atoms with Crippen molar-refractivity contribution in [3.05, 3.63) is 51.8 Å². The first kappa shape index (κ1) is 21.2. The minimum Gasteiger partial charge on any atom is -0.357 e. The van der Waals surface area contributed by atoms with Crippen LogP contribution in [0, 0.1) is 6.92 Å². The average molecular weight is 532 g/mol. The summed E-state index contributed by atoms with van der Waals surface area (Å²) >= 11 is 3.52. The molecule has 0 aliphatic carbocycles. The lowest BCUT2D eigenvalue weighted by Crippen LogP contribution is -2.40. The molecule has 1 N–H and O–H groups in total. The van der Waals surface area contributed by atoms with Gasteiger partial charge >= 0.3 is 0 Å². The zero-order valence-corrected chi connectivity index (χ0v) is 19.5. The first-order valence-electron chi connectivity index (χ1n) is 8.83. The van der Waals surface area contributed by atoms with Crippen LogP contribution in [0.2, 0.25) is 0 Å². The fourth-order valence-electron chi connectivity index (χ4n) is 3.30. The van der Waals surface area contributed by atoms with Crippen LogP contribution in [0.3, 0.4) is 0 Å². The smallest absolute Gasteiger partial charge is 0.194 e. The number of nitrogens with one attached hydrogen (secondary N) is 1. The van der Waals surface area contributed by atoms with Gasteiger partial charge in [0.05, 0.1) is 12.7 Å². The molecule has 1 atom stereocenters. The van der Waals surface area contributed by atoms with Crippen molar-refractivity contribution in [2.75, 3.05) is 19.6 Å². The number of rotatable bonds is 4. The molecule has 7 heteroatoms. The number of hydrogen-bond acceptors (Lipinski definition) is 2. The first-order valence-corrected chi connectivity index (χ1v) is 9.63. The van der Waals surface area contributed by atoms with Gasteiger partial charge in [-0.15, -0.1) is 24.0 Å².